The Morgan fingerprint density at radius 1 is 1.17 bits per heavy atom. The molecule has 2 amide bonds. The van der Waals surface area contributed by atoms with E-state index in [9.17, 15) is 9.59 Å². The minimum atomic E-state index is -0.686. The number of rotatable bonds is 3. The Morgan fingerprint density at radius 2 is 1.91 bits per heavy atom. The highest BCUT2D eigenvalue weighted by Gasteiger charge is 2.33. The molecule has 23 heavy (non-hydrogen) atoms. The van der Waals surface area contributed by atoms with Crippen molar-refractivity contribution in [1.29, 1.82) is 0 Å². The average Bonchev–Trinajstić information content (AvgIpc) is 3.04. The zero-order valence-electron chi connectivity index (χ0n) is 12.8. The lowest BCUT2D eigenvalue weighted by Crippen LogP contribution is -2.45. The van der Waals surface area contributed by atoms with Crippen LogP contribution in [0.25, 0.3) is 11.3 Å². The van der Waals surface area contributed by atoms with E-state index in [1.165, 1.54) is 7.11 Å². The van der Waals surface area contributed by atoms with Crippen molar-refractivity contribution in [2.75, 3.05) is 7.11 Å². The molecular formula is C17H16N2O4. The number of hydrogen-bond donors (Lipinski definition) is 2. The van der Waals surface area contributed by atoms with E-state index < -0.39 is 18.0 Å². The van der Waals surface area contributed by atoms with Crippen LogP contribution < -0.4 is 10.6 Å². The van der Waals surface area contributed by atoms with Gasteiger partial charge in [-0.3, -0.25) is 0 Å². The van der Waals surface area contributed by atoms with Crippen molar-refractivity contribution < 1.29 is 18.7 Å². The van der Waals surface area contributed by atoms with Crippen molar-refractivity contribution in [1.82, 2.24) is 10.6 Å². The van der Waals surface area contributed by atoms with Crippen molar-refractivity contribution in [3.63, 3.8) is 0 Å². The molecule has 0 bridgehead atoms. The van der Waals surface area contributed by atoms with Crippen LogP contribution in [0.2, 0.25) is 0 Å². The van der Waals surface area contributed by atoms with E-state index in [4.69, 9.17) is 9.15 Å². The van der Waals surface area contributed by atoms with Gasteiger partial charge in [-0.25, -0.2) is 9.59 Å². The lowest BCUT2D eigenvalue weighted by Gasteiger charge is -2.26. The summed E-state index contributed by atoms with van der Waals surface area (Å²) in [6.45, 7) is 1.65. The number of esters is 1. The molecule has 0 radical (unpaired) electrons. The van der Waals surface area contributed by atoms with Gasteiger partial charge in [0.15, 0.2) is 0 Å². The molecule has 1 aliphatic rings. The lowest BCUT2D eigenvalue weighted by molar-refractivity contribution is -0.136. The van der Waals surface area contributed by atoms with Gasteiger partial charge in [0.25, 0.3) is 0 Å². The van der Waals surface area contributed by atoms with Crippen LogP contribution in [0.1, 0.15) is 18.7 Å². The normalized spacial score (nSPS) is 17.5. The second-order valence-electron chi connectivity index (χ2n) is 5.13. The van der Waals surface area contributed by atoms with Crippen molar-refractivity contribution in [2.45, 2.75) is 13.0 Å². The fourth-order valence-electron chi connectivity index (χ4n) is 2.55. The molecule has 0 fully saturated rings. The second kappa shape index (κ2) is 6.00. The van der Waals surface area contributed by atoms with Gasteiger partial charge in [-0.2, -0.15) is 0 Å². The number of amides is 2. The van der Waals surface area contributed by atoms with E-state index in [1.807, 2.05) is 36.4 Å². The molecule has 0 spiro atoms. The van der Waals surface area contributed by atoms with Gasteiger partial charge in [-0.05, 0) is 19.1 Å². The van der Waals surface area contributed by atoms with Gasteiger partial charge in [0.2, 0.25) is 0 Å². The van der Waals surface area contributed by atoms with Gasteiger partial charge in [0.05, 0.1) is 12.7 Å². The number of allylic oxidation sites excluding steroid dienone is 1. The number of methoxy groups -OCH3 is 1. The summed E-state index contributed by atoms with van der Waals surface area (Å²) in [5.74, 6) is 0.617. The van der Waals surface area contributed by atoms with Crippen molar-refractivity contribution in [2.24, 2.45) is 0 Å². The van der Waals surface area contributed by atoms with Gasteiger partial charge in [0, 0.05) is 11.3 Å². The maximum absolute atomic E-state index is 12.0. The summed E-state index contributed by atoms with van der Waals surface area (Å²) in [5.41, 5.74) is 1.68. The Kier molecular flexibility index (Phi) is 3.89. The van der Waals surface area contributed by atoms with E-state index in [0.29, 0.717) is 22.8 Å². The number of ether oxygens (including phenoxy) is 1. The summed E-state index contributed by atoms with van der Waals surface area (Å²) < 4.78 is 10.7. The third-order valence-electron chi connectivity index (χ3n) is 3.64. The van der Waals surface area contributed by atoms with Crippen molar-refractivity contribution in [3.8, 4) is 11.3 Å². The molecule has 2 heterocycles. The monoisotopic (exact) mass is 312 g/mol. The summed E-state index contributed by atoms with van der Waals surface area (Å²) in [4.78, 5) is 23.8. The van der Waals surface area contributed by atoms with Crippen LogP contribution in [-0.2, 0) is 9.53 Å². The lowest BCUT2D eigenvalue weighted by atomic mass is 10.0. The fraction of sp³-hybridized carbons (Fsp3) is 0.176. The highest BCUT2D eigenvalue weighted by molar-refractivity contribution is 5.94. The zero-order chi connectivity index (χ0) is 16.4. The van der Waals surface area contributed by atoms with Gasteiger partial charge in [0.1, 0.15) is 17.6 Å². The van der Waals surface area contributed by atoms with Crippen LogP contribution in [0.3, 0.4) is 0 Å². The highest BCUT2D eigenvalue weighted by Crippen LogP contribution is 2.31. The molecule has 0 saturated carbocycles. The second-order valence-corrected chi connectivity index (χ2v) is 5.13. The molecular weight excluding hydrogens is 296 g/mol. The molecule has 6 heteroatoms. The van der Waals surface area contributed by atoms with Crippen LogP contribution >= 0.6 is 0 Å². The van der Waals surface area contributed by atoms with E-state index in [1.54, 1.807) is 13.0 Å². The van der Waals surface area contributed by atoms with Crippen LogP contribution in [-0.4, -0.2) is 19.1 Å². The van der Waals surface area contributed by atoms with Gasteiger partial charge in [-0.1, -0.05) is 30.3 Å². The molecule has 1 aromatic heterocycles. The number of benzene rings is 1. The average molecular weight is 312 g/mol. The molecule has 0 saturated heterocycles. The third kappa shape index (κ3) is 2.83. The number of carbonyl (C=O) groups excluding carboxylic acids is 2. The maximum atomic E-state index is 12.0. The predicted molar refractivity (Wildman–Crippen MR) is 83.3 cm³/mol. The Balaban J connectivity index is 1.99. The third-order valence-corrected chi connectivity index (χ3v) is 3.64. The van der Waals surface area contributed by atoms with Crippen molar-refractivity contribution in [3.05, 3.63) is 59.5 Å². The largest absolute Gasteiger partial charge is 0.466 e. The number of carbonyl (C=O) groups is 2. The minimum absolute atomic E-state index is 0.320. The molecule has 118 valence electrons. The summed E-state index contributed by atoms with van der Waals surface area (Å²) in [7, 11) is 1.30. The van der Waals surface area contributed by atoms with E-state index in [-0.39, 0.29) is 0 Å². The number of hydrogen-bond acceptors (Lipinski definition) is 4. The molecule has 1 atom stereocenters. The summed E-state index contributed by atoms with van der Waals surface area (Å²) in [6, 6.07) is 12.1. The molecule has 2 N–H and O–H groups in total. The minimum Gasteiger partial charge on any atom is -0.466 e. The Morgan fingerprint density at radius 3 is 2.61 bits per heavy atom. The molecule has 6 nitrogen and oxygen atoms in total. The van der Waals surface area contributed by atoms with Crippen LogP contribution in [0.15, 0.2) is 58.2 Å². The van der Waals surface area contributed by atoms with Gasteiger partial charge >= 0.3 is 12.0 Å². The molecule has 1 aliphatic heterocycles. The number of furan rings is 1. The molecule has 3 rings (SSSR count). The Hall–Kier alpha value is -3.02. The first-order valence-electron chi connectivity index (χ1n) is 7.12. The Labute approximate surface area is 133 Å². The maximum Gasteiger partial charge on any atom is 0.338 e. The SMILES string of the molecule is COC(=O)C1=C(C)NC(=O)N[C@H]1c1ccc(-c2ccccc2)o1. The smallest absolute Gasteiger partial charge is 0.338 e. The molecule has 0 aliphatic carbocycles. The summed E-state index contributed by atoms with van der Waals surface area (Å²) >= 11 is 0. The van der Waals surface area contributed by atoms with Gasteiger partial charge in [-0.15, -0.1) is 0 Å². The first kappa shape index (κ1) is 14.9. The first-order chi connectivity index (χ1) is 11.1. The topological polar surface area (TPSA) is 80.6 Å². The molecule has 2 aromatic rings. The van der Waals surface area contributed by atoms with Gasteiger partial charge < -0.3 is 19.8 Å². The first-order valence-corrected chi connectivity index (χ1v) is 7.12. The number of urea groups is 1. The predicted octanol–water partition coefficient (Wildman–Crippen LogP) is 2.75. The zero-order valence-corrected chi connectivity index (χ0v) is 12.8. The molecule has 0 unspecified atom stereocenters. The number of nitrogens with one attached hydrogen (secondary N) is 2. The standard InChI is InChI=1S/C17H16N2O4/c1-10-14(16(20)22-2)15(19-17(21)18-10)13-9-8-12(23-13)11-6-4-3-5-7-11/h3-9,15H,1-2H3,(H2,18,19,21)/t15-/m0/s1. The summed E-state index contributed by atoms with van der Waals surface area (Å²) in [6.07, 6.45) is 0. The van der Waals surface area contributed by atoms with E-state index in [0.717, 1.165) is 5.56 Å². The van der Waals surface area contributed by atoms with Crippen LogP contribution in [0.4, 0.5) is 4.79 Å². The molecule has 1 aromatic carbocycles. The van der Waals surface area contributed by atoms with Crippen molar-refractivity contribution >= 4 is 12.0 Å². The quantitative estimate of drug-likeness (QED) is 0.854. The summed E-state index contributed by atoms with van der Waals surface area (Å²) in [5, 5.41) is 5.26. The fourth-order valence-corrected chi connectivity index (χ4v) is 2.55. The van der Waals surface area contributed by atoms with E-state index >= 15 is 0 Å². The highest BCUT2D eigenvalue weighted by atomic mass is 16.5. The van der Waals surface area contributed by atoms with E-state index in [2.05, 4.69) is 10.6 Å². The Bertz CT molecular complexity index is 777. The van der Waals surface area contributed by atoms with Crippen LogP contribution in [0, 0.1) is 0 Å². The van der Waals surface area contributed by atoms with Crippen LogP contribution in [0.5, 0.6) is 0 Å².